The van der Waals surface area contributed by atoms with E-state index in [1.807, 2.05) is 0 Å². The van der Waals surface area contributed by atoms with Crippen LogP contribution in [-0.4, -0.2) is 86.8 Å². The average Bonchev–Trinajstić information content (AvgIpc) is 2.56. The summed E-state index contributed by atoms with van der Waals surface area (Å²) in [6.45, 7) is 6.89. The number of carbonyl (C=O) groups is 3. The van der Waals surface area contributed by atoms with Crippen LogP contribution in [0.1, 0.15) is 13.3 Å². The third-order valence-electron chi connectivity index (χ3n) is 4.40. The van der Waals surface area contributed by atoms with Gasteiger partial charge in [0.25, 0.3) is 0 Å². The first-order valence-corrected chi connectivity index (χ1v) is 7.95. The minimum absolute atomic E-state index is 0.475. The molecule has 0 bridgehead atoms. The molecule has 0 unspecified atom stereocenters. The van der Waals surface area contributed by atoms with E-state index < -0.39 is 23.8 Å². The van der Waals surface area contributed by atoms with Crippen LogP contribution >= 0.6 is 0 Å². The number of ether oxygens (including phenoxy) is 1. The fraction of sp³-hybridized carbons (Fsp3) is 0.733. The number of nitrogens with zero attached hydrogens (tertiary/aromatic N) is 3. The van der Waals surface area contributed by atoms with Crippen LogP contribution in [0, 0.1) is 5.92 Å². The smallest absolute Gasteiger partial charge is 0.332 e. The van der Waals surface area contributed by atoms with E-state index in [-0.39, 0.29) is 0 Å². The maximum absolute atomic E-state index is 12.2. The standard InChI is InChI=1S/C15H24N4O4/c1-11(16-5-4-6-19-7-9-23-10-8-19)12-13(20)17(2)15(22)18(3)14(12)21/h12H,4-10H2,1-3H3/p+1. The van der Waals surface area contributed by atoms with Gasteiger partial charge in [0.15, 0.2) is 5.92 Å². The minimum atomic E-state index is -0.974. The Labute approximate surface area is 136 Å². The zero-order valence-electron chi connectivity index (χ0n) is 14.0. The number of imide groups is 2. The van der Waals surface area contributed by atoms with Crippen LogP contribution in [0.2, 0.25) is 0 Å². The van der Waals surface area contributed by atoms with Gasteiger partial charge in [-0.25, -0.2) is 4.79 Å². The zero-order valence-corrected chi connectivity index (χ0v) is 14.0. The minimum Gasteiger partial charge on any atom is -0.370 e. The lowest BCUT2D eigenvalue weighted by Crippen LogP contribution is -3.14. The summed E-state index contributed by atoms with van der Waals surface area (Å²) >= 11 is 0. The molecule has 0 aromatic carbocycles. The van der Waals surface area contributed by atoms with E-state index in [0.717, 1.165) is 49.1 Å². The van der Waals surface area contributed by atoms with E-state index in [2.05, 4.69) is 4.99 Å². The van der Waals surface area contributed by atoms with Crippen molar-refractivity contribution in [3.05, 3.63) is 0 Å². The van der Waals surface area contributed by atoms with Crippen molar-refractivity contribution in [2.45, 2.75) is 13.3 Å². The van der Waals surface area contributed by atoms with Crippen LogP contribution in [0.25, 0.3) is 0 Å². The number of urea groups is 1. The number of hydrogen-bond donors (Lipinski definition) is 1. The predicted molar refractivity (Wildman–Crippen MR) is 83.4 cm³/mol. The molecule has 1 N–H and O–H groups in total. The zero-order chi connectivity index (χ0) is 17.0. The number of rotatable bonds is 5. The molecule has 0 atom stereocenters. The Morgan fingerprint density at radius 1 is 1.17 bits per heavy atom. The quantitative estimate of drug-likeness (QED) is 0.376. The van der Waals surface area contributed by atoms with Crippen molar-refractivity contribution in [2.75, 3.05) is 53.5 Å². The van der Waals surface area contributed by atoms with Gasteiger partial charge in [-0.1, -0.05) is 0 Å². The second kappa shape index (κ2) is 7.65. The van der Waals surface area contributed by atoms with Crippen LogP contribution in [0.5, 0.6) is 0 Å². The highest BCUT2D eigenvalue weighted by Gasteiger charge is 2.43. The Balaban J connectivity index is 1.90. The molecule has 4 amide bonds. The maximum atomic E-state index is 12.2. The highest BCUT2D eigenvalue weighted by molar-refractivity contribution is 6.26. The van der Waals surface area contributed by atoms with Gasteiger partial charge in [-0.05, 0) is 6.92 Å². The Kier molecular flexibility index (Phi) is 5.84. The maximum Gasteiger partial charge on any atom is 0.332 e. The lowest BCUT2D eigenvalue weighted by molar-refractivity contribution is -0.908. The van der Waals surface area contributed by atoms with Gasteiger partial charge >= 0.3 is 6.03 Å². The summed E-state index contributed by atoms with van der Waals surface area (Å²) in [4.78, 5) is 43.9. The lowest BCUT2D eigenvalue weighted by atomic mass is 9.99. The Morgan fingerprint density at radius 2 is 1.74 bits per heavy atom. The van der Waals surface area contributed by atoms with Crippen LogP contribution in [0.15, 0.2) is 4.99 Å². The molecule has 128 valence electrons. The molecule has 2 saturated heterocycles. The lowest BCUT2D eigenvalue weighted by Gasteiger charge is -2.32. The van der Waals surface area contributed by atoms with Crippen molar-refractivity contribution >= 4 is 23.6 Å². The number of quaternary nitrogens is 1. The number of nitrogens with one attached hydrogen (secondary N) is 1. The van der Waals surface area contributed by atoms with E-state index >= 15 is 0 Å². The van der Waals surface area contributed by atoms with Crippen molar-refractivity contribution in [2.24, 2.45) is 10.9 Å². The highest BCUT2D eigenvalue weighted by Crippen LogP contribution is 2.16. The summed E-state index contributed by atoms with van der Waals surface area (Å²) in [5.41, 5.74) is 0.475. The Bertz CT molecular complexity index is 490. The van der Waals surface area contributed by atoms with E-state index in [9.17, 15) is 14.4 Å². The van der Waals surface area contributed by atoms with Crippen molar-refractivity contribution in [1.82, 2.24) is 9.80 Å². The summed E-state index contributed by atoms with van der Waals surface area (Å²) in [6, 6.07) is -0.597. The van der Waals surface area contributed by atoms with E-state index in [4.69, 9.17) is 4.74 Å². The van der Waals surface area contributed by atoms with Crippen LogP contribution < -0.4 is 4.90 Å². The number of aliphatic imine (C=N–C) groups is 1. The molecule has 2 rings (SSSR count). The SMILES string of the molecule is CC(=NCCC[NH+]1CCOCC1)C1C(=O)N(C)C(=O)N(C)C1=O. The van der Waals surface area contributed by atoms with Gasteiger partial charge in [0, 0.05) is 32.8 Å². The number of morpholine rings is 1. The second-order valence-electron chi connectivity index (χ2n) is 6.00. The molecule has 23 heavy (non-hydrogen) atoms. The first kappa shape index (κ1) is 17.6. The molecule has 2 aliphatic rings. The topological polar surface area (TPSA) is 83.7 Å². The molecule has 0 aromatic rings. The van der Waals surface area contributed by atoms with E-state index in [0.29, 0.717) is 12.3 Å². The van der Waals surface area contributed by atoms with Crippen molar-refractivity contribution in [1.29, 1.82) is 0 Å². The summed E-state index contributed by atoms with van der Waals surface area (Å²) in [6.07, 6.45) is 0.895. The van der Waals surface area contributed by atoms with Crippen molar-refractivity contribution in [3.63, 3.8) is 0 Å². The predicted octanol–water partition coefficient (Wildman–Crippen LogP) is -1.58. The summed E-state index contributed by atoms with van der Waals surface area (Å²) in [5, 5.41) is 0. The summed E-state index contributed by atoms with van der Waals surface area (Å²) in [5.74, 6) is -1.98. The number of hydrogen-bond acceptors (Lipinski definition) is 5. The largest absolute Gasteiger partial charge is 0.370 e. The molecule has 2 aliphatic heterocycles. The molecule has 8 heteroatoms. The molecular formula is C15H25N4O4+. The Morgan fingerprint density at radius 3 is 2.30 bits per heavy atom. The molecule has 2 heterocycles. The third kappa shape index (κ3) is 3.94. The number of carbonyl (C=O) groups excluding carboxylic acids is 3. The molecular weight excluding hydrogens is 300 g/mol. The molecule has 0 spiro atoms. The number of barbiturate groups is 1. The van der Waals surface area contributed by atoms with Gasteiger partial charge < -0.3 is 9.64 Å². The number of amides is 4. The third-order valence-corrected chi connectivity index (χ3v) is 4.40. The van der Waals surface area contributed by atoms with Crippen LogP contribution in [-0.2, 0) is 14.3 Å². The van der Waals surface area contributed by atoms with Gasteiger partial charge in [-0.3, -0.25) is 24.4 Å². The van der Waals surface area contributed by atoms with Gasteiger partial charge in [-0.2, -0.15) is 0 Å². The molecule has 0 aromatic heterocycles. The fourth-order valence-corrected chi connectivity index (χ4v) is 2.85. The molecule has 8 nitrogen and oxygen atoms in total. The first-order chi connectivity index (χ1) is 10.9. The van der Waals surface area contributed by atoms with Gasteiger partial charge in [-0.15, -0.1) is 0 Å². The van der Waals surface area contributed by atoms with Crippen molar-refractivity contribution in [3.8, 4) is 0 Å². The second-order valence-corrected chi connectivity index (χ2v) is 6.00. The van der Waals surface area contributed by atoms with Crippen molar-refractivity contribution < 1.29 is 24.0 Å². The normalized spacial score (nSPS) is 22.2. The summed E-state index contributed by atoms with van der Waals surface area (Å²) < 4.78 is 5.32. The first-order valence-electron chi connectivity index (χ1n) is 7.95. The Hall–Kier alpha value is -1.80. The molecule has 0 radical (unpaired) electrons. The van der Waals surface area contributed by atoms with Gasteiger partial charge in [0.1, 0.15) is 13.1 Å². The van der Waals surface area contributed by atoms with Crippen LogP contribution in [0.4, 0.5) is 4.79 Å². The average molecular weight is 325 g/mol. The van der Waals surface area contributed by atoms with Gasteiger partial charge in [0.05, 0.1) is 19.8 Å². The molecule has 2 fully saturated rings. The van der Waals surface area contributed by atoms with E-state index in [1.54, 1.807) is 6.92 Å². The van der Waals surface area contributed by atoms with Gasteiger partial charge in [0.2, 0.25) is 11.8 Å². The van der Waals surface area contributed by atoms with Crippen LogP contribution in [0.3, 0.4) is 0 Å². The fourth-order valence-electron chi connectivity index (χ4n) is 2.85. The molecule has 0 saturated carbocycles. The van der Waals surface area contributed by atoms with E-state index in [1.165, 1.54) is 19.0 Å². The monoisotopic (exact) mass is 325 g/mol. The highest BCUT2D eigenvalue weighted by atomic mass is 16.5. The molecule has 0 aliphatic carbocycles. The summed E-state index contributed by atoms with van der Waals surface area (Å²) in [7, 11) is 2.77.